The largest absolute Gasteiger partial charge is 0.393 e. The molecule has 13 heavy (non-hydrogen) atoms. The highest BCUT2D eigenvalue weighted by molar-refractivity contribution is 6.32. The van der Waals surface area contributed by atoms with Crippen LogP contribution in [0.25, 0.3) is 0 Å². The number of aliphatic hydroxyl groups excluding tert-OH is 1. The first kappa shape index (κ1) is 10.3. The summed E-state index contributed by atoms with van der Waals surface area (Å²) in [5, 5.41) is 9.55. The van der Waals surface area contributed by atoms with Gasteiger partial charge in [0.2, 0.25) is 0 Å². The van der Waals surface area contributed by atoms with Gasteiger partial charge in [0, 0.05) is 0 Å². The molecule has 1 aromatic rings. The summed E-state index contributed by atoms with van der Waals surface area (Å²) in [6, 6.07) is 7.69. The standard InChI is InChI=1S/C11H15BO/c1-2-4-11(13)8-9-5-3-6-10(12)7-9/h3,5-7,11,13H,2,4,8H2,1H3/t11-/m0/s1. The van der Waals surface area contributed by atoms with Crippen molar-refractivity contribution in [3.63, 3.8) is 0 Å². The molecule has 1 nitrogen and oxygen atoms in total. The molecule has 0 aromatic heterocycles. The van der Waals surface area contributed by atoms with Crippen LogP contribution in [-0.2, 0) is 6.42 Å². The maximum atomic E-state index is 9.55. The molecule has 0 spiro atoms. The Morgan fingerprint density at radius 1 is 1.46 bits per heavy atom. The Bertz CT molecular complexity index is 260. The van der Waals surface area contributed by atoms with Crippen LogP contribution in [0.5, 0.6) is 0 Å². The lowest BCUT2D eigenvalue weighted by molar-refractivity contribution is 0.164. The van der Waals surface area contributed by atoms with Crippen LogP contribution >= 0.6 is 0 Å². The highest BCUT2D eigenvalue weighted by atomic mass is 16.3. The monoisotopic (exact) mass is 174 g/mol. The maximum absolute atomic E-state index is 9.55. The molecule has 1 N–H and O–H groups in total. The lowest BCUT2D eigenvalue weighted by Gasteiger charge is -2.09. The van der Waals surface area contributed by atoms with Crippen molar-refractivity contribution in [3.05, 3.63) is 29.8 Å². The van der Waals surface area contributed by atoms with E-state index in [0.29, 0.717) is 6.42 Å². The van der Waals surface area contributed by atoms with Crippen molar-refractivity contribution in [2.24, 2.45) is 0 Å². The Hall–Kier alpha value is -0.755. The van der Waals surface area contributed by atoms with Gasteiger partial charge in [0.05, 0.1) is 6.10 Å². The zero-order valence-electron chi connectivity index (χ0n) is 8.03. The SMILES string of the molecule is [B]c1cccc(C[C@@H](O)CCC)c1. The molecule has 0 saturated carbocycles. The summed E-state index contributed by atoms with van der Waals surface area (Å²) in [5.41, 5.74) is 1.88. The highest BCUT2D eigenvalue weighted by Crippen LogP contribution is 2.05. The molecule has 0 fully saturated rings. The van der Waals surface area contributed by atoms with Crippen LogP contribution < -0.4 is 5.46 Å². The van der Waals surface area contributed by atoms with Crippen LogP contribution in [0.4, 0.5) is 0 Å². The molecule has 0 amide bonds. The van der Waals surface area contributed by atoms with E-state index in [4.69, 9.17) is 7.85 Å². The second kappa shape index (κ2) is 5.08. The Balaban J connectivity index is 2.53. The quantitative estimate of drug-likeness (QED) is 0.679. The van der Waals surface area contributed by atoms with E-state index in [9.17, 15) is 5.11 Å². The number of hydrogen-bond donors (Lipinski definition) is 1. The molecular formula is C11H15BO. The van der Waals surface area contributed by atoms with Crippen LogP contribution in [0.15, 0.2) is 24.3 Å². The fraction of sp³-hybridized carbons (Fsp3) is 0.455. The van der Waals surface area contributed by atoms with Crippen LogP contribution in [0, 0.1) is 0 Å². The third kappa shape index (κ3) is 3.64. The summed E-state index contributed by atoms with van der Waals surface area (Å²) in [5.74, 6) is 0. The summed E-state index contributed by atoms with van der Waals surface area (Å²) in [4.78, 5) is 0. The number of rotatable bonds is 4. The molecule has 2 heteroatoms. The van der Waals surface area contributed by atoms with Crippen molar-refractivity contribution in [2.75, 3.05) is 0 Å². The van der Waals surface area contributed by atoms with Gasteiger partial charge in [-0.3, -0.25) is 0 Å². The first-order valence-corrected chi connectivity index (χ1v) is 4.75. The molecule has 0 aliphatic carbocycles. The summed E-state index contributed by atoms with van der Waals surface area (Å²) in [7, 11) is 5.63. The Labute approximate surface area is 81.2 Å². The summed E-state index contributed by atoms with van der Waals surface area (Å²) < 4.78 is 0. The zero-order valence-corrected chi connectivity index (χ0v) is 8.03. The van der Waals surface area contributed by atoms with Crippen LogP contribution in [-0.4, -0.2) is 19.1 Å². The topological polar surface area (TPSA) is 20.2 Å². The van der Waals surface area contributed by atoms with E-state index < -0.39 is 0 Å². The van der Waals surface area contributed by atoms with Gasteiger partial charge in [0.15, 0.2) is 0 Å². The lowest BCUT2D eigenvalue weighted by atomic mass is 9.92. The van der Waals surface area contributed by atoms with Gasteiger partial charge in [-0.15, -0.1) is 0 Å². The average molecular weight is 174 g/mol. The van der Waals surface area contributed by atoms with E-state index in [0.717, 1.165) is 23.9 Å². The van der Waals surface area contributed by atoms with E-state index in [1.54, 1.807) is 0 Å². The Morgan fingerprint density at radius 2 is 2.23 bits per heavy atom. The van der Waals surface area contributed by atoms with Gasteiger partial charge in [0.1, 0.15) is 7.85 Å². The minimum Gasteiger partial charge on any atom is -0.393 e. The van der Waals surface area contributed by atoms with Gasteiger partial charge < -0.3 is 5.11 Å². The molecule has 0 unspecified atom stereocenters. The first-order valence-electron chi connectivity index (χ1n) is 4.75. The average Bonchev–Trinajstić information content (AvgIpc) is 2.04. The molecule has 68 valence electrons. The van der Waals surface area contributed by atoms with Gasteiger partial charge in [0.25, 0.3) is 0 Å². The van der Waals surface area contributed by atoms with E-state index in [2.05, 4.69) is 6.92 Å². The Morgan fingerprint density at radius 3 is 2.85 bits per heavy atom. The molecule has 0 aliphatic rings. The second-order valence-electron chi connectivity index (χ2n) is 3.39. The lowest BCUT2D eigenvalue weighted by Crippen LogP contribution is -2.11. The molecule has 0 heterocycles. The van der Waals surface area contributed by atoms with Crippen molar-refractivity contribution in [1.82, 2.24) is 0 Å². The van der Waals surface area contributed by atoms with Gasteiger partial charge >= 0.3 is 0 Å². The van der Waals surface area contributed by atoms with Crippen LogP contribution in [0.3, 0.4) is 0 Å². The fourth-order valence-corrected chi connectivity index (χ4v) is 1.43. The fourth-order valence-electron chi connectivity index (χ4n) is 1.43. The summed E-state index contributed by atoms with van der Waals surface area (Å²) >= 11 is 0. The molecular weight excluding hydrogens is 159 g/mol. The third-order valence-electron chi connectivity index (χ3n) is 2.04. The number of benzene rings is 1. The van der Waals surface area contributed by atoms with Gasteiger partial charge in [-0.1, -0.05) is 43.1 Å². The number of aliphatic hydroxyl groups is 1. The molecule has 1 aromatic carbocycles. The molecule has 0 aliphatic heterocycles. The Kier molecular flexibility index (Phi) is 4.03. The van der Waals surface area contributed by atoms with E-state index in [1.165, 1.54) is 0 Å². The van der Waals surface area contributed by atoms with E-state index >= 15 is 0 Å². The van der Waals surface area contributed by atoms with Crippen molar-refractivity contribution >= 4 is 13.3 Å². The van der Waals surface area contributed by atoms with Crippen molar-refractivity contribution in [1.29, 1.82) is 0 Å². The van der Waals surface area contributed by atoms with Gasteiger partial charge in [-0.25, -0.2) is 0 Å². The molecule has 1 atom stereocenters. The van der Waals surface area contributed by atoms with E-state index in [-0.39, 0.29) is 6.10 Å². The normalized spacial score (nSPS) is 12.8. The van der Waals surface area contributed by atoms with Gasteiger partial charge in [-0.05, 0) is 18.4 Å². The van der Waals surface area contributed by atoms with Gasteiger partial charge in [-0.2, -0.15) is 0 Å². The first-order chi connectivity index (χ1) is 6.22. The number of hydrogen-bond acceptors (Lipinski definition) is 1. The highest BCUT2D eigenvalue weighted by Gasteiger charge is 2.03. The predicted molar refractivity (Wildman–Crippen MR) is 56.4 cm³/mol. The summed E-state index contributed by atoms with van der Waals surface area (Å²) in [6.45, 7) is 2.07. The predicted octanol–water partition coefficient (Wildman–Crippen LogP) is 1.18. The van der Waals surface area contributed by atoms with Crippen molar-refractivity contribution in [2.45, 2.75) is 32.3 Å². The second-order valence-corrected chi connectivity index (χ2v) is 3.39. The van der Waals surface area contributed by atoms with Crippen molar-refractivity contribution < 1.29 is 5.11 Å². The maximum Gasteiger partial charge on any atom is 0.113 e. The van der Waals surface area contributed by atoms with Crippen molar-refractivity contribution in [3.8, 4) is 0 Å². The molecule has 0 saturated heterocycles. The third-order valence-corrected chi connectivity index (χ3v) is 2.04. The smallest absolute Gasteiger partial charge is 0.113 e. The molecule has 1 rings (SSSR count). The zero-order chi connectivity index (χ0) is 9.68. The van der Waals surface area contributed by atoms with Crippen LogP contribution in [0.2, 0.25) is 0 Å². The molecule has 0 bridgehead atoms. The minimum atomic E-state index is -0.230. The minimum absolute atomic E-state index is 0.230. The van der Waals surface area contributed by atoms with E-state index in [1.807, 2.05) is 24.3 Å². The molecule has 2 radical (unpaired) electrons. The summed E-state index contributed by atoms with van der Waals surface area (Å²) in [6.07, 6.45) is 2.35. The van der Waals surface area contributed by atoms with Crippen LogP contribution in [0.1, 0.15) is 25.3 Å².